The lowest BCUT2D eigenvalue weighted by atomic mass is 9.86. The van der Waals surface area contributed by atoms with E-state index in [9.17, 15) is 0 Å². The molecule has 1 aromatic carbocycles. The van der Waals surface area contributed by atoms with Gasteiger partial charge in [0.1, 0.15) is 0 Å². The number of hydrogen-bond donors (Lipinski definition) is 0. The fraction of sp³-hybridized carbons (Fsp3) is 0.474. The quantitative estimate of drug-likeness (QED) is 0.579. The Morgan fingerprint density at radius 1 is 0.947 bits per heavy atom. The Balaban J connectivity index is 0.000000741. The summed E-state index contributed by atoms with van der Waals surface area (Å²) in [6.07, 6.45) is 10.6. The lowest BCUT2D eigenvalue weighted by Gasteiger charge is -2.18. The summed E-state index contributed by atoms with van der Waals surface area (Å²) < 4.78 is 0. The summed E-state index contributed by atoms with van der Waals surface area (Å²) in [7, 11) is 0. The van der Waals surface area contributed by atoms with E-state index in [4.69, 9.17) is 0 Å². The molecule has 0 aromatic heterocycles. The van der Waals surface area contributed by atoms with Crippen LogP contribution in [0.4, 0.5) is 0 Å². The third kappa shape index (κ3) is 5.92. The molecule has 1 aliphatic carbocycles. The average molecular weight is 258 g/mol. The van der Waals surface area contributed by atoms with E-state index in [1.807, 2.05) is 27.7 Å². The Morgan fingerprint density at radius 3 is 2.05 bits per heavy atom. The first-order valence-electron chi connectivity index (χ1n) is 7.83. The second kappa shape index (κ2) is 11.8. The van der Waals surface area contributed by atoms with Crippen molar-refractivity contribution in [3.8, 4) is 0 Å². The van der Waals surface area contributed by atoms with Crippen LogP contribution >= 0.6 is 0 Å². The minimum Gasteiger partial charge on any atom is -0.0839 e. The molecule has 0 spiro atoms. The Kier molecular flexibility index (Phi) is 11.0. The first-order valence-corrected chi connectivity index (χ1v) is 7.83. The predicted molar refractivity (Wildman–Crippen MR) is 88.6 cm³/mol. The fourth-order valence-electron chi connectivity index (χ4n) is 2.24. The Morgan fingerprint density at radius 2 is 1.58 bits per heavy atom. The van der Waals surface area contributed by atoms with Gasteiger partial charge in [-0.1, -0.05) is 83.2 Å². The average Bonchev–Trinajstić information content (AvgIpc) is 2.54. The SMILES string of the molecule is CC.CC.CCC(C1=CCCC=C1)c1ccccc1. The van der Waals surface area contributed by atoms with Crippen molar-refractivity contribution in [3.05, 3.63) is 59.7 Å². The van der Waals surface area contributed by atoms with Gasteiger partial charge in [0.05, 0.1) is 0 Å². The fourth-order valence-corrected chi connectivity index (χ4v) is 2.24. The molecule has 0 fully saturated rings. The standard InChI is InChI=1S/C15H18.2C2H6/c1-2-15(13-9-5-3-6-10-13)14-11-7-4-8-12-14;2*1-2/h3,5-7,9-12,15H,2,4,8H2,1H3;2*1-2H3. The molecule has 1 unspecified atom stereocenters. The highest BCUT2D eigenvalue weighted by Crippen LogP contribution is 2.30. The Labute approximate surface area is 120 Å². The van der Waals surface area contributed by atoms with Crippen molar-refractivity contribution in [1.82, 2.24) is 0 Å². The highest BCUT2D eigenvalue weighted by molar-refractivity contribution is 5.36. The minimum atomic E-state index is 0.586. The summed E-state index contributed by atoms with van der Waals surface area (Å²) >= 11 is 0. The van der Waals surface area contributed by atoms with E-state index in [2.05, 4.69) is 55.5 Å². The molecule has 1 atom stereocenters. The summed E-state index contributed by atoms with van der Waals surface area (Å²) in [5.41, 5.74) is 2.94. The topological polar surface area (TPSA) is 0 Å². The zero-order chi connectivity index (χ0) is 14.5. The van der Waals surface area contributed by atoms with Gasteiger partial charge in [0.2, 0.25) is 0 Å². The zero-order valence-electron chi connectivity index (χ0n) is 13.3. The van der Waals surface area contributed by atoms with Crippen LogP contribution in [0.1, 0.15) is 65.4 Å². The summed E-state index contributed by atoms with van der Waals surface area (Å²) in [4.78, 5) is 0. The van der Waals surface area contributed by atoms with Crippen LogP contribution in [0, 0.1) is 0 Å². The largest absolute Gasteiger partial charge is 0.0839 e. The molecule has 1 aromatic rings. The Hall–Kier alpha value is -1.30. The van der Waals surface area contributed by atoms with E-state index >= 15 is 0 Å². The van der Waals surface area contributed by atoms with Crippen LogP contribution < -0.4 is 0 Å². The van der Waals surface area contributed by atoms with Gasteiger partial charge in [-0.05, 0) is 30.4 Å². The number of benzene rings is 1. The number of rotatable bonds is 3. The predicted octanol–water partition coefficient (Wildman–Crippen LogP) is 6.51. The first kappa shape index (κ1) is 17.7. The molecule has 1 aliphatic rings. The Bertz CT molecular complexity index is 357. The summed E-state index contributed by atoms with van der Waals surface area (Å²) in [6.45, 7) is 10.3. The van der Waals surface area contributed by atoms with Crippen LogP contribution in [0.25, 0.3) is 0 Å². The molecule has 0 amide bonds. The van der Waals surface area contributed by atoms with E-state index in [0.717, 1.165) is 0 Å². The van der Waals surface area contributed by atoms with E-state index in [0.29, 0.717) is 5.92 Å². The molecule has 0 nitrogen and oxygen atoms in total. The van der Waals surface area contributed by atoms with Crippen molar-refractivity contribution in [2.45, 2.75) is 59.8 Å². The van der Waals surface area contributed by atoms with E-state index in [1.54, 1.807) is 0 Å². The molecule has 0 radical (unpaired) electrons. The van der Waals surface area contributed by atoms with Crippen LogP contribution in [-0.4, -0.2) is 0 Å². The van der Waals surface area contributed by atoms with Crippen molar-refractivity contribution in [2.24, 2.45) is 0 Å². The molecule has 0 saturated carbocycles. The smallest absolute Gasteiger partial charge is 0.00834 e. The lowest BCUT2D eigenvalue weighted by molar-refractivity contribution is 0.763. The van der Waals surface area contributed by atoms with Gasteiger partial charge in [0.25, 0.3) is 0 Å². The van der Waals surface area contributed by atoms with E-state index < -0.39 is 0 Å². The first-order chi connectivity index (χ1) is 9.42. The highest BCUT2D eigenvalue weighted by Gasteiger charge is 2.13. The lowest BCUT2D eigenvalue weighted by Crippen LogP contribution is -2.01. The monoisotopic (exact) mass is 258 g/mol. The van der Waals surface area contributed by atoms with E-state index in [1.165, 1.54) is 30.4 Å². The van der Waals surface area contributed by atoms with Crippen LogP contribution in [-0.2, 0) is 0 Å². The molecule has 0 aliphatic heterocycles. The van der Waals surface area contributed by atoms with Gasteiger partial charge in [0.15, 0.2) is 0 Å². The van der Waals surface area contributed by atoms with Crippen LogP contribution in [0.5, 0.6) is 0 Å². The molecule has 19 heavy (non-hydrogen) atoms. The minimum absolute atomic E-state index is 0.586. The van der Waals surface area contributed by atoms with Crippen molar-refractivity contribution in [2.75, 3.05) is 0 Å². The van der Waals surface area contributed by atoms with Crippen LogP contribution in [0.3, 0.4) is 0 Å². The maximum atomic E-state index is 2.39. The maximum absolute atomic E-state index is 2.39. The molecule has 0 heterocycles. The second-order valence-corrected chi connectivity index (χ2v) is 4.06. The van der Waals surface area contributed by atoms with Gasteiger partial charge in [-0.3, -0.25) is 0 Å². The molecule has 106 valence electrons. The van der Waals surface area contributed by atoms with E-state index in [-0.39, 0.29) is 0 Å². The molecule has 0 saturated heterocycles. The summed E-state index contributed by atoms with van der Waals surface area (Å²) in [5, 5.41) is 0. The van der Waals surface area contributed by atoms with Crippen molar-refractivity contribution in [3.63, 3.8) is 0 Å². The molecular formula is C19H30. The molecular weight excluding hydrogens is 228 g/mol. The van der Waals surface area contributed by atoms with Gasteiger partial charge >= 0.3 is 0 Å². The van der Waals surface area contributed by atoms with Crippen molar-refractivity contribution < 1.29 is 0 Å². The molecule has 2 rings (SSSR count). The van der Waals surface area contributed by atoms with Crippen LogP contribution in [0.2, 0.25) is 0 Å². The maximum Gasteiger partial charge on any atom is 0.00834 e. The number of allylic oxidation sites excluding steroid dienone is 4. The number of hydrogen-bond acceptors (Lipinski definition) is 0. The molecule has 0 bridgehead atoms. The van der Waals surface area contributed by atoms with Gasteiger partial charge in [-0.25, -0.2) is 0 Å². The summed E-state index contributed by atoms with van der Waals surface area (Å²) in [6, 6.07) is 10.8. The van der Waals surface area contributed by atoms with Gasteiger partial charge in [-0.15, -0.1) is 0 Å². The summed E-state index contributed by atoms with van der Waals surface area (Å²) in [5.74, 6) is 0.586. The third-order valence-corrected chi connectivity index (χ3v) is 3.04. The van der Waals surface area contributed by atoms with Crippen molar-refractivity contribution >= 4 is 0 Å². The van der Waals surface area contributed by atoms with Crippen molar-refractivity contribution in [1.29, 1.82) is 0 Å². The van der Waals surface area contributed by atoms with Gasteiger partial charge in [0, 0.05) is 5.92 Å². The van der Waals surface area contributed by atoms with Gasteiger partial charge in [-0.2, -0.15) is 0 Å². The normalized spacial score (nSPS) is 14.3. The van der Waals surface area contributed by atoms with Gasteiger partial charge < -0.3 is 0 Å². The zero-order valence-corrected chi connectivity index (χ0v) is 13.3. The third-order valence-electron chi connectivity index (χ3n) is 3.04. The molecule has 0 heteroatoms. The second-order valence-electron chi connectivity index (χ2n) is 4.06. The molecule has 0 N–H and O–H groups in total. The highest BCUT2D eigenvalue weighted by atomic mass is 14.2. The van der Waals surface area contributed by atoms with Crippen LogP contribution in [0.15, 0.2) is 54.1 Å².